The van der Waals surface area contributed by atoms with Crippen molar-refractivity contribution in [3.63, 3.8) is 0 Å². The first-order chi connectivity index (χ1) is 4.81. The first kappa shape index (κ1) is 9.98. The molecule has 0 saturated carbocycles. The van der Waals surface area contributed by atoms with Crippen LogP contribution in [0.5, 0.6) is 0 Å². The van der Waals surface area contributed by atoms with Gasteiger partial charge in [-0.2, -0.15) is 0 Å². The summed E-state index contributed by atoms with van der Waals surface area (Å²) in [5.74, 6) is 0. The van der Waals surface area contributed by atoms with E-state index >= 15 is 0 Å². The monoisotopic (exact) mass is 167 g/mol. The Morgan fingerprint density at radius 3 is 2.70 bits per heavy atom. The van der Waals surface area contributed by atoms with Gasteiger partial charge < -0.3 is 5.11 Å². The van der Waals surface area contributed by atoms with Crippen LogP contribution in [0, 0.1) is 0 Å². The second kappa shape index (κ2) is 7.09. The largest absolute Gasteiger partial charge is 0.697 e. The number of unbranched alkanes of at least 4 members (excludes halogenated alkanes) is 1. The maximum absolute atomic E-state index is 10.4. The molecule has 0 aliphatic carbocycles. The molecular weight excluding hydrogens is 155 g/mol. The summed E-state index contributed by atoms with van der Waals surface area (Å²) in [6, 6.07) is 0. The van der Waals surface area contributed by atoms with Crippen molar-refractivity contribution in [2.45, 2.75) is 12.8 Å². The zero-order chi connectivity index (χ0) is 7.82. The van der Waals surface area contributed by atoms with E-state index in [4.69, 9.17) is 5.11 Å². The van der Waals surface area contributed by atoms with Crippen LogP contribution in [0.2, 0.25) is 0 Å². The van der Waals surface area contributed by atoms with Crippen LogP contribution in [-0.4, -0.2) is 25.4 Å². The molecule has 0 aromatic carbocycles. The molecule has 0 spiro atoms. The molecule has 1 unspecified atom stereocenters. The highest BCUT2D eigenvalue weighted by molar-refractivity contribution is 7.33. The van der Waals surface area contributed by atoms with Gasteiger partial charge in [-0.15, -0.1) is 9.05 Å². The van der Waals surface area contributed by atoms with Crippen molar-refractivity contribution in [2.75, 3.05) is 20.3 Å². The average Bonchev–Trinajstić information content (AvgIpc) is 1.98. The van der Waals surface area contributed by atoms with Crippen molar-refractivity contribution >= 4 is 8.25 Å². The quantitative estimate of drug-likeness (QED) is 0.475. The van der Waals surface area contributed by atoms with Crippen molar-refractivity contribution in [3.8, 4) is 0 Å². The molecule has 1 atom stereocenters. The molecule has 0 saturated heterocycles. The first-order valence-electron chi connectivity index (χ1n) is 3.06. The molecule has 0 aromatic heterocycles. The third kappa shape index (κ3) is 6.11. The zero-order valence-corrected chi connectivity index (χ0v) is 6.84. The fraction of sp³-hybridized carbons (Fsp3) is 1.00. The van der Waals surface area contributed by atoms with Gasteiger partial charge in [0.15, 0.2) is 0 Å². The number of hydrogen-bond acceptors (Lipinski definition) is 4. The van der Waals surface area contributed by atoms with Gasteiger partial charge in [0.25, 0.3) is 0 Å². The molecule has 0 rings (SSSR count). The first-order valence-corrected chi connectivity index (χ1v) is 4.16. The minimum Gasteiger partial charge on any atom is -0.396 e. The summed E-state index contributed by atoms with van der Waals surface area (Å²) in [6.07, 6.45) is 1.38. The topological polar surface area (TPSA) is 55.8 Å². The zero-order valence-electron chi connectivity index (χ0n) is 5.95. The molecule has 5 heteroatoms. The van der Waals surface area contributed by atoms with Gasteiger partial charge in [-0.05, 0) is 12.8 Å². The lowest BCUT2D eigenvalue weighted by Gasteiger charge is -1.88. The SMILES string of the molecule is CO[P+](=O)OCCCCO. The molecule has 10 heavy (non-hydrogen) atoms. The Labute approximate surface area is 61.1 Å². The van der Waals surface area contributed by atoms with E-state index in [0.29, 0.717) is 19.4 Å². The van der Waals surface area contributed by atoms with E-state index in [1.165, 1.54) is 7.11 Å². The number of hydrogen-bond donors (Lipinski definition) is 1. The highest BCUT2D eigenvalue weighted by atomic mass is 31.1. The van der Waals surface area contributed by atoms with E-state index in [1.807, 2.05) is 0 Å². The Hall–Kier alpha value is -0.0200. The molecule has 4 nitrogen and oxygen atoms in total. The third-order valence-corrected chi connectivity index (χ3v) is 1.59. The third-order valence-electron chi connectivity index (χ3n) is 0.898. The van der Waals surface area contributed by atoms with Gasteiger partial charge in [-0.3, -0.25) is 0 Å². The Balaban J connectivity index is 2.96. The van der Waals surface area contributed by atoms with Gasteiger partial charge in [0.05, 0.1) is 7.11 Å². The summed E-state index contributed by atoms with van der Waals surface area (Å²) in [6.45, 7) is 0.525. The van der Waals surface area contributed by atoms with Crippen LogP contribution in [0.3, 0.4) is 0 Å². The van der Waals surface area contributed by atoms with Crippen LogP contribution < -0.4 is 0 Å². The van der Waals surface area contributed by atoms with Crippen molar-refractivity contribution in [2.24, 2.45) is 0 Å². The molecule has 60 valence electrons. The highest BCUT2D eigenvalue weighted by Crippen LogP contribution is 2.21. The van der Waals surface area contributed by atoms with Gasteiger partial charge in [0.2, 0.25) is 0 Å². The van der Waals surface area contributed by atoms with E-state index in [1.54, 1.807) is 0 Å². The second-order valence-corrected chi connectivity index (χ2v) is 2.74. The van der Waals surface area contributed by atoms with Crippen molar-refractivity contribution in [3.05, 3.63) is 0 Å². The number of aliphatic hydroxyl groups excluding tert-OH is 1. The summed E-state index contributed by atoms with van der Waals surface area (Å²) < 4.78 is 19.4. The normalized spacial score (nSPS) is 11.6. The van der Waals surface area contributed by atoms with Crippen LogP contribution in [0.15, 0.2) is 0 Å². The van der Waals surface area contributed by atoms with Crippen LogP contribution in [0.4, 0.5) is 0 Å². The Kier molecular flexibility index (Phi) is 7.08. The van der Waals surface area contributed by atoms with E-state index in [0.717, 1.165) is 0 Å². The summed E-state index contributed by atoms with van der Waals surface area (Å²) in [4.78, 5) is 0. The molecule has 0 amide bonds. The maximum atomic E-state index is 10.4. The molecule has 0 fully saturated rings. The predicted molar refractivity (Wildman–Crippen MR) is 36.9 cm³/mol. The summed E-state index contributed by atoms with van der Waals surface area (Å²) in [5, 5.41) is 8.33. The summed E-state index contributed by atoms with van der Waals surface area (Å²) in [7, 11) is -0.602. The fourth-order valence-corrected chi connectivity index (χ4v) is 0.789. The lowest BCUT2D eigenvalue weighted by Crippen LogP contribution is -1.90. The molecular formula is C5H12O4P+. The van der Waals surface area contributed by atoms with Gasteiger partial charge in [0.1, 0.15) is 6.61 Å². The Morgan fingerprint density at radius 1 is 1.50 bits per heavy atom. The lowest BCUT2D eigenvalue weighted by atomic mass is 10.3. The minimum atomic E-state index is -1.93. The van der Waals surface area contributed by atoms with Crippen molar-refractivity contribution < 1.29 is 18.7 Å². The molecule has 0 aromatic rings. The Morgan fingerprint density at radius 2 is 2.20 bits per heavy atom. The van der Waals surface area contributed by atoms with E-state index in [9.17, 15) is 4.57 Å². The lowest BCUT2D eigenvalue weighted by molar-refractivity contribution is 0.231. The van der Waals surface area contributed by atoms with E-state index < -0.39 is 8.25 Å². The standard InChI is InChI=1S/C5H12O4P/c1-8-10(7)9-5-3-2-4-6/h6H,2-5H2,1H3/q+1. The molecule has 1 N–H and O–H groups in total. The van der Waals surface area contributed by atoms with Crippen LogP contribution >= 0.6 is 8.25 Å². The summed E-state index contributed by atoms with van der Waals surface area (Å²) >= 11 is 0. The second-order valence-electron chi connectivity index (χ2n) is 1.67. The van der Waals surface area contributed by atoms with Gasteiger partial charge in [-0.1, -0.05) is 0 Å². The number of rotatable bonds is 6. The van der Waals surface area contributed by atoms with Crippen molar-refractivity contribution in [1.29, 1.82) is 0 Å². The molecule has 0 aliphatic rings. The Bertz CT molecular complexity index is 95.6. The highest BCUT2D eigenvalue weighted by Gasteiger charge is 2.15. The molecule has 0 aliphatic heterocycles. The fourth-order valence-electron chi connectivity index (χ4n) is 0.406. The smallest absolute Gasteiger partial charge is 0.396 e. The minimum absolute atomic E-state index is 0.146. The van der Waals surface area contributed by atoms with Gasteiger partial charge in [-0.25, -0.2) is 0 Å². The van der Waals surface area contributed by atoms with Crippen LogP contribution in [-0.2, 0) is 13.6 Å². The summed E-state index contributed by atoms with van der Waals surface area (Å²) in [5.41, 5.74) is 0. The predicted octanol–water partition coefficient (Wildman–Crippen LogP) is 1.08. The average molecular weight is 167 g/mol. The van der Waals surface area contributed by atoms with Gasteiger partial charge >= 0.3 is 8.25 Å². The number of aliphatic hydroxyl groups is 1. The van der Waals surface area contributed by atoms with Crippen LogP contribution in [0.1, 0.15) is 12.8 Å². The van der Waals surface area contributed by atoms with Gasteiger partial charge in [0, 0.05) is 11.2 Å². The molecule has 0 bridgehead atoms. The molecule has 0 radical (unpaired) electrons. The van der Waals surface area contributed by atoms with Crippen molar-refractivity contribution in [1.82, 2.24) is 0 Å². The molecule has 0 heterocycles. The maximum Gasteiger partial charge on any atom is 0.697 e. The van der Waals surface area contributed by atoms with Crippen LogP contribution in [0.25, 0.3) is 0 Å². The van der Waals surface area contributed by atoms with E-state index in [-0.39, 0.29) is 6.61 Å². The van der Waals surface area contributed by atoms with E-state index in [2.05, 4.69) is 9.05 Å².